The van der Waals surface area contributed by atoms with Crippen molar-refractivity contribution < 1.29 is 4.79 Å². The van der Waals surface area contributed by atoms with Crippen molar-refractivity contribution in [2.75, 3.05) is 31.1 Å². The predicted octanol–water partition coefficient (Wildman–Crippen LogP) is 2.19. The Kier molecular flexibility index (Phi) is 3.92. The number of amidine groups is 1. The van der Waals surface area contributed by atoms with Crippen LogP contribution in [-0.4, -0.2) is 43.2 Å². The van der Waals surface area contributed by atoms with Gasteiger partial charge >= 0.3 is 0 Å². The van der Waals surface area contributed by atoms with Crippen LogP contribution in [0, 0.1) is 0 Å². The second-order valence-electron chi connectivity index (χ2n) is 6.72. The highest BCUT2D eigenvalue weighted by molar-refractivity contribution is 6.02. The molecule has 1 atom stereocenters. The van der Waals surface area contributed by atoms with Gasteiger partial charge in [0.2, 0.25) is 0 Å². The minimum Gasteiger partial charge on any atom is -0.368 e. The molecule has 1 unspecified atom stereocenters. The first-order chi connectivity index (χ1) is 12.2. The first-order valence-electron chi connectivity index (χ1n) is 8.67. The zero-order valence-electron chi connectivity index (χ0n) is 14.4. The van der Waals surface area contributed by atoms with Crippen molar-refractivity contribution in [1.29, 1.82) is 0 Å². The van der Waals surface area contributed by atoms with Gasteiger partial charge in [0, 0.05) is 37.4 Å². The van der Waals surface area contributed by atoms with E-state index in [1.807, 2.05) is 31.2 Å². The Morgan fingerprint density at radius 1 is 0.960 bits per heavy atom. The summed E-state index contributed by atoms with van der Waals surface area (Å²) in [5.41, 5.74) is 5.59. The fourth-order valence-corrected chi connectivity index (χ4v) is 3.57. The predicted molar refractivity (Wildman–Crippen MR) is 99.8 cm³/mol. The van der Waals surface area contributed by atoms with E-state index in [-0.39, 0.29) is 0 Å². The molecule has 0 spiro atoms. The van der Waals surface area contributed by atoms with Gasteiger partial charge in [-0.05, 0) is 24.6 Å². The Morgan fingerprint density at radius 3 is 2.32 bits per heavy atom. The average Bonchev–Trinajstić information content (AvgIpc) is 2.69. The summed E-state index contributed by atoms with van der Waals surface area (Å²) in [5.74, 6) is 0.933. The SMILES string of the molecule is CC1(C=O)NN=C(N2CCN(c3ccccc3)CC2)c2ccccc21. The number of piperazine rings is 1. The van der Waals surface area contributed by atoms with Crippen molar-refractivity contribution in [3.63, 3.8) is 0 Å². The maximum atomic E-state index is 11.6. The topological polar surface area (TPSA) is 47.9 Å². The smallest absolute Gasteiger partial charge is 0.156 e. The molecule has 2 aromatic carbocycles. The van der Waals surface area contributed by atoms with Crippen molar-refractivity contribution >= 4 is 17.8 Å². The summed E-state index contributed by atoms with van der Waals surface area (Å²) in [6.45, 7) is 5.59. The lowest BCUT2D eigenvalue weighted by atomic mass is 9.88. The number of fused-ring (bicyclic) bond motifs is 1. The van der Waals surface area contributed by atoms with Crippen molar-refractivity contribution in [2.45, 2.75) is 12.5 Å². The lowest BCUT2D eigenvalue weighted by molar-refractivity contribution is -0.113. The van der Waals surface area contributed by atoms with Gasteiger partial charge in [0.15, 0.2) is 12.1 Å². The van der Waals surface area contributed by atoms with Gasteiger partial charge in [-0.25, -0.2) is 0 Å². The number of hydrogen-bond donors (Lipinski definition) is 1. The largest absolute Gasteiger partial charge is 0.368 e. The summed E-state index contributed by atoms with van der Waals surface area (Å²) in [5, 5.41) is 4.56. The van der Waals surface area contributed by atoms with Crippen LogP contribution in [0.25, 0.3) is 0 Å². The molecule has 2 aromatic rings. The van der Waals surface area contributed by atoms with Crippen LogP contribution in [0.2, 0.25) is 0 Å². The molecule has 0 saturated carbocycles. The third-order valence-electron chi connectivity index (χ3n) is 5.06. The molecule has 1 N–H and O–H groups in total. The molecule has 0 aromatic heterocycles. The second-order valence-corrected chi connectivity index (χ2v) is 6.72. The van der Waals surface area contributed by atoms with E-state index < -0.39 is 5.54 Å². The third-order valence-corrected chi connectivity index (χ3v) is 5.06. The monoisotopic (exact) mass is 334 g/mol. The van der Waals surface area contributed by atoms with E-state index in [4.69, 9.17) is 0 Å². The quantitative estimate of drug-likeness (QED) is 0.856. The van der Waals surface area contributed by atoms with E-state index in [9.17, 15) is 4.79 Å². The van der Waals surface area contributed by atoms with Gasteiger partial charge in [0.05, 0.1) is 0 Å². The molecule has 0 aliphatic carbocycles. The summed E-state index contributed by atoms with van der Waals surface area (Å²) < 4.78 is 0. The van der Waals surface area contributed by atoms with Crippen molar-refractivity contribution in [3.8, 4) is 0 Å². The van der Waals surface area contributed by atoms with Crippen LogP contribution in [-0.2, 0) is 10.3 Å². The van der Waals surface area contributed by atoms with Crippen LogP contribution in [0.5, 0.6) is 0 Å². The number of benzene rings is 2. The number of anilines is 1. The van der Waals surface area contributed by atoms with E-state index >= 15 is 0 Å². The Bertz CT molecular complexity index is 796. The number of hydrazone groups is 1. The molecule has 128 valence electrons. The summed E-state index contributed by atoms with van der Waals surface area (Å²) >= 11 is 0. The van der Waals surface area contributed by atoms with Gasteiger partial charge in [-0.2, -0.15) is 5.10 Å². The molecule has 5 heteroatoms. The Morgan fingerprint density at radius 2 is 1.60 bits per heavy atom. The minimum atomic E-state index is -0.758. The summed E-state index contributed by atoms with van der Waals surface area (Å²) in [6, 6.07) is 18.5. The molecule has 25 heavy (non-hydrogen) atoms. The zero-order chi connectivity index (χ0) is 17.3. The number of nitrogens with zero attached hydrogens (tertiary/aromatic N) is 3. The highest BCUT2D eigenvalue weighted by atomic mass is 16.1. The normalized spacial score (nSPS) is 22.7. The fourth-order valence-electron chi connectivity index (χ4n) is 3.57. The fraction of sp³-hybridized carbons (Fsp3) is 0.300. The molecule has 2 aliphatic rings. The second kappa shape index (κ2) is 6.24. The number of para-hydroxylation sites is 1. The van der Waals surface area contributed by atoms with Crippen LogP contribution in [0.15, 0.2) is 59.7 Å². The maximum Gasteiger partial charge on any atom is 0.156 e. The van der Waals surface area contributed by atoms with Crippen LogP contribution in [0.1, 0.15) is 18.1 Å². The number of carbonyl (C=O) groups excluding carboxylic acids is 1. The molecular formula is C20H22N4O. The Balaban J connectivity index is 1.55. The zero-order valence-corrected chi connectivity index (χ0v) is 14.4. The van der Waals surface area contributed by atoms with E-state index in [2.05, 4.69) is 50.7 Å². The van der Waals surface area contributed by atoms with Gasteiger partial charge in [-0.1, -0.05) is 42.5 Å². The molecular weight excluding hydrogens is 312 g/mol. The van der Waals surface area contributed by atoms with Crippen LogP contribution in [0.3, 0.4) is 0 Å². The molecule has 1 fully saturated rings. The van der Waals surface area contributed by atoms with E-state index in [1.54, 1.807) is 0 Å². The number of carbonyl (C=O) groups is 1. The molecule has 0 bridgehead atoms. The standard InChI is InChI=1S/C20H22N4O/c1-20(15-25)18-10-6-5-9-17(18)19(21-22-20)24-13-11-23(12-14-24)16-7-3-2-4-8-16/h2-10,15,22H,11-14H2,1H3. The van der Waals surface area contributed by atoms with Crippen LogP contribution in [0.4, 0.5) is 5.69 Å². The van der Waals surface area contributed by atoms with E-state index in [0.29, 0.717) is 0 Å². The highest BCUT2D eigenvalue weighted by Crippen LogP contribution is 2.28. The van der Waals surface area contributed by atoms with Gasteiger partial charge < -0.3 is 14.6 Å². The summed E-state index contributed by atoms with van der Waals surface area (Å²) in [4.78, 5) is 16.3. The van der Waals surface area contributed by atoms with Crippen LogP contribution >= 0.6 is 0 Å². The van der Waals surface area contributed by atoms with Gasteiger partial charge in [0.1, 0.15) is 5.54 Å². The average molecular weight is 334 g/mol. The number of rotatable bonds is 2. The highest BCUT2D eigenvalue weighted by Gasteiger charge is 2.35. The lowest BCUT2D eigenvalue weighted by Crippen LogP contribution is -2.52. The Labute approximate surface area is 147 Å². The van der Waals surface area contributed by atoms with Gasteiger partial charge in [-0.3, -0.25) is 5.43 Å². The van der Waals surface area contributed by atoms with Crippen molar-refractivity contribution in [3.05, 3.63) is 65.7 Å². The summed E-state index contributed by atoms with van der Waals surface area (Å²) in [7, 11) is 0. The van der Waals surface area contributed by atoms with E-state index in [0.717, 1.165) is 49.4 Å². The number of aldehydes is 1. The molecule has 4 rings (SSSR count). The van der Waals surface area contributed by atoms with Crippen molar-refractivity contribution in [2.24, 2.45) is 5.10 Å². The third kappa shape index (κ3) is 2.76. The van der Waals surface area contributed by atoms with Gasteiger partial charge in [0.25, 0.3) is 0 Å². The van der Waals surface area contributed by atoms with Gasteiger partial charge in [-0.15, -0.1) is 0 Å². The van der Waals surface area contributed by atoms with Crippen LogP contribution < -0.4 is 10.3 Å². The number of hydrogen-bond acceptors (Lipinski definition) is 5. The first kappa shape index (κ1) is 15.7. The molecule has 0 amide bonds. The molecule has 2 heterocycles. The number of nitrogens with one attached hydrogen (secondary N) is 1. The minimum absolute atomic E-state index is 0.758. The molecule has 0 radical (unpaired) electrons. The van der Waals surface area contributed by atoms with E-state index in [1.165, 1.54) is 5.69 Å². The molecule has 1 saturated heterocycles. The molecule has 2 aliphatic heterocycles. The Hall–Kier alpha value is -2.82. The maximum absolute atomic E-state index is 11.6. The summed E-state index contributed by atoms with van der Waals surface area (Å²) in [6.07, 6.45) is 0.930. The molecule has 5 nitrogen and oxygen atoms in total. The first-order valence-corrected chi connectivity index (χ1v) is 8.67. The lowest BCUT2D eigenvalue weighted by Gasteiger charge is -2.40. The van der Waals surface area contributed by atoms with Crippen molar-refractivity contribution in [1.82, 2.24) is 10.3 Å².